The van der Waals surface area contributed by atoms with Crippen LogP contribution in [-0.2, 0) is 13.0 Å². The van der Waals surface area contributed by atoms with Gasteiger partial charge in [0, 0.05) is 29.0 Å². The summed E-state index contributed by atoms with van der Waals surface area (Å²) in [5.41, 5.74) is 3.87. The Balaban J connectivity index is 1.73. The van der Waals surface area contributed by atoms with Gasteiger partial charge in [0.2, 0.25) is 0 Å². The first-order valence-electron chi connectivity index (χ1n) is 7.90. The van der Waals surface area contributed by atoms with E-state index >= 15 is 0 Å². The zero-order valence-electron chi connectivity index (χ0n) is 12.7. The summed E-state index contributed by atoms with van der Waals surface area (Å²) in [6.45, 7) is 0.989. The van der Waals surface area contributed by atoms with Crippen molar-refractivity contribution in [3.8, 4) is 0 Å². The number of aryl methyl sites for hydroxylation is 2. The predicted molar refractivity (Wildman–Crippen MR) is 99.7 cm³/mol. The Hall–Kier alpha value is -2.13. The Morgan fingerprint density at radius 1 is 0.870 bits per heavy atom. The van der Waals surface area contributed by atoms with Crippen LogP contribution in [0.25, 0.3) is 21.8 Å². The molecule has 0 aliphatic heterocycles. The maximum atomic E-state index is 4.43. The van der Waals surface area contributed by atoms with E-state index in [4.69, 9.17) is 0 Å². The second-order valence-corrected chi connectivity index (χ2v) is 6.51. The average Bonchev–Trinajstić information content (AvgIpc) is 2.92. The van der Waals surface area contributed by atoms with Crippen LogP contribution < -0.4 is 0 Å². The highest BCUT2D eigenvalue weighted by Gasteiger charge is 2.12. The number of hydrogen-bond donors (Lipinski definition) is 0. The van der Waals surface area contributed by atoms with Crippen molar-refractivity contribution in [2.45, 2.75) is 19.4 Å². The van der Waals surface area contributed by atoms with E-state index in [2.05, 4.69) is 86.1 Å². The summed E-state index contributed by atoms with van der Waals surface area (Å²) < 4.78 is 3.32. The molecule has 0 saturated heterocycles. The molecular formula is C20H17BrN2. The first-order chi connectivity index (χ1) is 11.3. The maximum Gasteiger partial charge on any atom is 0.130 e. The van der Waals surface area contributed by atoms with Gasteiger partial charge in [-0.05, 0) is 46.5 Å². The Morgan fingerprint density at radius 3 is 2.52 bits per heavy atom. The molecule has 2 aromatic carbocycles. The fraction of sp³-hybridized carbons (Fsp3) is 0.150. The van der Waals surface area contributed by atoms with Gasteiger partial charge in [-0.2, -0.15) is 0 Å². The summed E-state index contributed by atoms with van der Waals surface area (Å²) in [4.78, 5) is 4.43. The number of pyridine rings is 1. The molecule has 0 saturated carbocycles. The largest absolute Gasteiger partial charge is 0.338 e. The third-order valence-electron chi connectivity index (χ3n) is 4.32. The number of aromatic nitrogens is 2. The summed E-state index contributed by atoms with van der Waals surface area (Å²) >= 11 is 3.63. The molecule has 0 aliphatic rings. The lowest BCUT2D eigenvalue weighted by atomic mass is 10.1. The summed E-state index contributed by atoms with van der Waals surface area (Å²) in [7, 11) is 0. The molecule has 2 nitrogen and oxygen atoms in total. The molecule has 0 amide bonds. The van der Waals surface area contributed by atoms with Crippen LogP contribution in [0.3, 0.4) is 0 Å². The lowest BCUT2D eigenvalue weighted by molar-refractivity contribution is 0.676. The smallest absolute Gasteiger partial charge is 0.130 e. The van der Waals surface area contributed by atoms with E-state index in [1.165, 1.54) is 27.4 Å². The summed E-state index contributed by atoms with van der Waals surface area (Å²) in [6, 6.07) is 21.4. The van der Waals surface area contributed by atoms with Crippen LogP contribution in [0.2, 0.25) is 0 Å². The molecule has 2 aromatic heterocycles. The first kappa shape index (κ1) is 14.5. The molecule has 4 rings (SSSR count). The first-order valence-corrected chi connectivity index (χ1v) is 8.69. The van der Waals surface area contributed by atoms with E-state index in [1.807, 2.05) is 6.20 Å². The summed E-state index contributed by atoms with van der Waals surface area (Å²) in [5, 5.41) is 2.56. The van der Waals surface area contributed by atoms with Gasteiger partial charge >= 0.3 is 0 Å². The van der Waals surface area contributed by atoms with E-state index in [-0.39, 0.29) is 0 Å². The lowest BCUT2D eigenvalue weighted by Gasteiger charge is -2.08. The maximum absolute atomic E-state index is 4.43. The van der Waals surface area contributed by atoms with Crippen molar-refractivity contribution in [3.63, 3.8) is 0 Å². The highest BCUT2D eigenvalue weighted by Crippen LogP contribution is 2.32. The van der Waals surface area contributed by atoms with Crippen LogP contribution in [-0.4, -0.2) is 9.55 Å². The van der Waals surface area contributed by atoms with Crippen molar-refractivity contribution in [2.24, 2.45) is 0 Å². The number of hydrogen-bond acceptors (Lipinski definition) is 1. The van der Waals surface area contributed by atoms with Gasteiger partial charge in [0.25, 0.3) is 0 Å². The molecule has 0 bridgehead atoms. The van der Waals surface area contributed by atoms with Crippen LogP contribution in [0.4, 0.5) is 0 Å². The number of nitrogens with zero attached hydrogens (tertiary/aromatic N) is 2. The van der Waals surface area contributed by atoms with Crippen LogP contribution in [0.15, 0.2) is 71.5 Å². The van der Waals surface area contributed by atoms with E-state index < -0.39 is 0 Å². The molecule has 4 aromatic rings. The molecule has 3 heteroatoms. The zero-order chi connectivity index (χ0) is 15.6. The van der Waals surface area contributed by atoms with E-state index in [0.29, 0.717) is 0 Å². The summed E-state index contributed by atoms with van der Waals surface area (Å²) in [6.07, 6.45) is 4.07. The topological polar surface area (TPSA) is 17.8 Å². The van der Waals surface area contributed by atoms with Gasteiger partial charge in [-0.15, -0.1) is 0 Å². The van der Waals surface area contributed by atoms with E-state index in [9.17, 15) is 0 Å². The van der Waals surface area contributed by atoms with Gasteiger partial charge in [-0.1, -0.05) is 48.5 Å². The van der Waals surface area contributed by atoms with Crippen molar-refractivity contribution in [1.29, 1.82) is 0 Å². The van der Waals surface area contributed by atoms with Gasteiger partial charge in [0.15, 0.2) is 0 Å². The number of benzene rings is 2. The van der Waals surface area contributed by atoms with Crippen LogP contribution in [0, 0.1) is 0 Å². The average molecular weight is 365 g/mol. The Kier molecular flexibility index (Phi) is 3.88. The number of halogens is 1. The number of para-hydroxylation sites is 1. The number of fused-ring (bicyclic) bond motifs is 3. The molecular weight excluding hydrogens is 348 g/mol. The van der Waals surface area contributed by atoms with Crippen LogP contribution >= 0.6 is 15.9 Å². The highest BCUT2D eigenvalue weighted by atomic mass is 79.9. The van der Waals surface area contributed by atoms with Crippen LogP contribution in [0.1, 0.15) is 12.0 Å². The molecule has 0 spiro atoms. The Bertz CT molecular complexity index is 957. The van der Waals surface area contributed by atoms with Crippen molar-refractivity contribution in [2.75, 3.05) is 0 Å². The summed E-state index contributed by atoms with van der Waals surface area (Å²) in [5.74, 6) is 0. The van der Waals surface area contributed by atoms with Gasteiger partial charge in [-0.3, -0.25) is 0 Å². The standard InChI is InChI=1S/C20H17BrN2/c21-20-19-17(12-13-22-20)16-10-4-5-11-18(16)23(19)14-6-9-15-7-2-1-3-8-15/h1-5,7-8,10-13H,6,9,14H2. The SMILES string of the molecule is Brc1nccc2c3ccccc3n(CCCc3ccccc3)c12. The van der Waals surface area contributed by atoms with Crippen molar-refractivity contribution in [3.05, 3.63) is 77.0 Å². The Labute approximate surface area is 143 Å². The molecule has 0 aliphatic carbocycles. The molecule has 0 unspecified atom stereocenters. The van der Waals surface area contributed by atoms with Crippen molar-refractivity contribution < 1.29 is 0 Å². The van der Waals surface area contributed by atoms with Crippen molar-refractivity contribution in [1.82, 2.24) is 9.55 Å². The minimum atomic E-state index is 0.922. The molecule has 0 radical (unpaired) electrons. The molecule has 2 heterocycles. The monoisotopic (exact) mass is 364 g/mol. The third kappa shape index (κ3) is 2.66. The predicted octanol–water partition coefficient (Wildman–Crippen LogP) is 5.58. The van der Waals surface area contributed by atoms with Gasteiger partial charge < -0.3 is 4.57 Å². The van der Waals surface area contributed by atoms with Gasteiger partial charge in [0.1, 0.15) is 4.60 Å². The van der Waals surface area contributed by atoms with E-state index in [0.717, 1.165) is 24.0 Å². The fourth-order valence-electron chi connectivity index (χ4n) is 3.28. The van der Waals surface area contributed by atoms with Crippen molar-refractivity contribution >= 4 is 37.7 Å². The quantitative estimate of drug-likeness (QED) is 0.432. The molecule has 0 atom stereocenters. The Morgan fingerprint density at radius 2 is 1.65 bits per heavy atom. The number of rotatable bonds is 4. The lowest BCUT2D eigenvalue weighted by Crippen LogP contribution is -2.00. The normalized spacial score (nSPS) is 11.3. The van der Waals surface area contributed by atoms with Gasteiger partial charge in [0.05, 0.1) is 5.52 Å². The van der Waals surface area contributed by atoms with E-state index in [1.54, 1.807) is 0 Å². The highest BCUT2D eigenvalue weighted by molar-refractivity contribution is 9.10. The molecule has 0 fully saturated rings. The third-order valence-corrected chi connectivity index (χ3v) is 4.90. The minimum absolute atomic E-state index is 0.922. The van der Waals surface area contributed by atoms with Crippen LogP contribution in [0.5, 0.6) is 0 Å². The fourth-order valence-corrected chi connectivity index (χ4v) is 3.82. The second-order valence-electron chi connectivity index (χ2n) is 5.76. The molecule has 114 valence electrons. The minimum Gasteiger partial charge on any atom is -0.338 e. The van der Waals surface area contributed by atoms with Gasteiger partial charge in [-0.25, -0.2) is 4.98 Å². The second kappa shape index (κ2) is 6.17. The zero-order valence-corrected chi connectivity index (χ0v) is 14.3. The molecule has 23 heavy (non-hydrogen) atoms. The molecule has 0 N–H and O–H groups in total.